The second-order valence-electron chi connectivity index (χ2n) is 4.51. The molecular formula is C15H22N3S+. The Kier molecular flexibility index (Phi) is 5.51. The van der Waals surface area contributed by atoms with Gasteiger partial charge in [0.05, 0.1) is 18.8 Å². The van der Waals surface area contributed by atoms with Crippen LogP contribution in [0.15, 0.2) is 41.9 Å². The van der Waals surface area contributed by atoms with Crippen LogP contribution in [0.2, 0.25) is 0 Å². The van der Waals surface area contributed by atoms with Crippen molar-refractivity contribution >= 4 is 11.3 Å². The van der Waals surface area contributed by atoms with Crippen molar-refractivity contribution in [3.05, 3.63) is 52.5 Å². The zero-order valence-corrected chi connectivity index (χ0v) is 12.5. The molecule has 19 heavy (non-hydrogen) atoms. The van der Waals surface area contributed by atoms with Crippen molar-refractivity contribution in [1.82, 2.24) is 9.99 Å². The summed E-state index contributed by atoms with van der Waals surface area (Å²) in [6.45, 7) is 8.56. The van der Waals surface area contributed by atoms with Crippen LogP contribution in [0.1, 0.15) is 24.4 Å². The Labute approximate surface area is 119 Å². The molecule has 0 saturated carbocycles. The van der Waals surface area contributed by atoms with Gasteiger partial charge in [0.25, 0.3) is 0 Å². The predicted molar refractivity (Wildman–Crippen MR) is 79.8 cm³/mol. The minimum Gasteiger partial charge on any atom is -0.255 e. The number of aromatic nitrogens is 1. The Hall–Kier alpha value is -1.23. The lowest BCUT2D eigenvalue weighted by Crippen LogP contribution is -3.16. The van der Waals surface area contributed by atoms with E-state index in [-0.39, 0.29) is 0 Å². The first kappa shape index (κ1) is 14.2. The van der Waals surface area contributed by atoms with E-state index in [1.54, 1.807) is 0 Å². The number of hydrogen-bond acceptors (Lipinski definition) is 3. The van der Waals surface area contributed by atoms with Gasteiger partial charge in [-0.25, -0.2) is 5.01 Å². The molecule has 1 N–H and O–H groups in total. The van der Waals surface area contributed by atoms with Gasteiger partial charge in [-0.3, -0.25) is 4.98 Å². The third kappa shape index (κ3) is 4.13. The highest BCUT2D eigenvalue weighted by Gasteiger charge is 2.17. The summed E-state index contributed by atoms with van der Waals surface area (Å²) >= 11 is 1.83. The fourth-order valence-electron chi connectivity index (χ4n) is 2.21. The summed E-state index contributed by atoms with van der Waals surface area (Å²) in [6.07, 6.45) is 1.87. The van der Waals surface area contributed by atoms with E-state index < -0.39 is 0 Å². The van der Waals surface area contributed by atoms with Gasteiger partial charge in [0.15, 0.2) is 0 Å². The molecule has 0 aliphatic carbocycles. The summed E-state index contributed by atoms with van der Waals surface area (Å²) in [5, 5.41) is 6.09. The Bertz CT molecular complexity index is 456. The molecule has 0 aromatic carbocycles. The Morgan fingerprint density at radius 2 is 2.11 bits per heavy atom. The maximum Gasteiger partial charge on any atom is 0.138 e. The van der Waals surface area contributed by atoms with Gasteiger partial charge in [-0.15, -0.1) is 11.3 Å². The predicted octanol–water partition coefficient (Wildman–Crippen LogP) is 1.99. The molecular weight excluding hydrogens is 254 g/mol. The topological polar surface area (TPSA) is 20.6 Å². The summed E-state index contributed by atoms with van der Waals surface area (Å²) in [5.41, 5.74) is 1.16. The molecule has 4 heteroatoms. The van der Waals surface area contributed by atoms with Crippen molar-refractivity contribution in [3.63, 3.8) is 0 Å². The number of pyridine rings is 1. The first-order valence-corrected chi connectivity index (χ1v) is 7.73. The molecule has 0 fully saturated rings. The van der Waals surface area contributed by atoms with Gasteiger partial charge >= 0.3 is 0 Å². The third-order valence-corrected chi connectivity index (χ3v) is 4.14. The molecule has 2 aromatic heterocycles. The van der Waals surface area contributed by atoms with Crippen molar-refractivity contribution < 1.29 is 5.01 Å². The standard InChI is InChI=1S/C15H21N3S/c1-3-17(12-14-8-5-6-10-16-14)18(4-2)13-15-9-7-11-19-15/h5-11H,3-4,12-13H2,1-2H3/p+1. The molecule has 0 amide bonds. The zero-order valence-electron chi connectivity index (χ0n) is 11.7. The molecule has 3 nitrogen and oxygen atoms in total. The molecule has 1 atom stereocenters. The lowest BCUT2D eigenvalue weighted by atomic mass is 10.3. The number of nitrogens with zero attached hydrogens (tertiary/aromatic N) is 2. The molecule has 2 aromatic rings. The van der Waals surface area contributed by atoms with E-state index in [2.05, 4.69) is 53.5 Å². The molecule has 2 rings (SSSR count). The summed E-state index contributed by atoms with van der Waals surface area (Å²) in [6, 6.07) is 10.5. The Morgan fingerprint density at radius 1 is 1.21 bits per heavy atom. The van der Waals surface area contributed by atoms with Gasteiger partial charge in [-0.2, -0.15) is 5.01 Å². The van der Waals surface area contributed by atoms with Gasteiger partial charge in [0.2, 0.25) is 0 Å². The maximum absolute atomic E-state index is 4.44. The van der Waals surface area contributed by atoms with Crippen molar-refractivity contribution in [3.8, 4) is 0 Å². The fourth-order valence-corrected chi connectivity index (χ4v) is 2.93. The van der Waals surface area contributed by atoms with E-state index in [0.29, 0.717) is 0 Å². The molecule has 0 aliphatic heterocycles. The Balaban J connectivity index is 2.02. The van der Waals surface area contributed by atoms with Crippen LogP contribution in [0, 0.1) is 0 Å². The lowest BCUT2D eigenvalue weighted by molar-refractivity contribution is -1.03. The van der Waals surface area contributed by atoms with Gasteiger partial charge in [-0.05, 0) is 37.4 Å². The first-order chi connectivity index (χ1) is 9.33. The quantitative estimate of drug-likeness (QED) is 0.781. The monoisotopic (exact) mass is 276 g/mol. The molecule has 2 heterocycles. The fraction of sp³-hybridized carbons (Fsp3) is 0.400. The van der Waals surface area contributed by atoms with Crippen LogP contribution in [0.4, 0.5) is 0 Å². The average Bonchev–Trinajstić information content (AvgIpc) is 2.96. The average molecular weight is 276 g/mol. The van der Waals surface area contributed by atoms with E-state index in [0.717, 1.165) is 31.9 Å². The van der Waals surface area contributed by atoms with Crippen molar-refractivity contribution in [2.75, 3.05) is 13.1 Å². The SMILES string of the molecule is CCN(Cc1cccs1)[NH+](CC)Cc1ccccn1. The summed E-state index contributed by atoms with van der Waals surface area (Å²) < 4.78 is 0. The number of hydrogen-bond donors (Lipinski definition) is 1. The second-order valence-corrected chi connectivity index (χ2v) is 5.54. The van der Waals surface area contributed by atoms with E-state index in [1.165, 1.54) is 9.89 Å². The zero-order chi connectivity index (χ0) is 13.5. The van der Waals surface area contributed by atoms with Gasteiger partial charge in [0, 0.05) is 17.6 Å². The van der Waals surface area contributed by atoms with Crippen LogP contribution in [0.5, 0.6) is 0 Å². The van der Waals surface area contributed by atoms with E-state index in [9.17, 15) is 0 Å². The highest BCUT2D eigenvalue weighted by molar-refractivity contribution is 7.09. The van der Waals surface area contributed by atoms with Crippen LogP contribution >= 0.6 is 11.3 Å². The number of rotatable bonds is 7. The van der Waals surface area contributed by atoms with Gasteiger partial charge in [0.1, 0.15) is 6.54 Å². The third-order valence-electron chi connectivity index (χ3n) is 3.28. The van der Waals surface area contributed by atoms with Crippen LogP contribution in [-0.2, 0) is 13.1 Å². The van der Waals surface area contributed by atoms with Crippen LogP contribution < -0.4 is 5.01 Å². The van der Waals surface area contributed by atoms with Crippen LogP contribution in [0.3, 0.4) is 0 Å². The van der Waals surface area contributed by atoms with Crippen molar-refractivity contribution in [1.29, 1.82) is 0 Å². The number of quaternary nitrogens is 1. The van der Waals surface area contributed by atoms with Crippen LogP contribution in [-0.4, -0.2) is 23.1 Å². The molecule has 0 radical (unpaired) electrons. The molecule has 0 saturated heterocycles. The van der Waals surface area contributed by atoms with Crippen molar-refractivity contribution in [2.24, 2.45) is 0 Å². The minimum absolute atomic E-state index is 0.955. The van der Waals surface area contributed by atoms with E-state index in [1.807, 2.05) is 23.6 Å². The summed E-state index contributed by atoms with van der Waals surface area (Å²) in [7, 11) is 0. The molecule has 102 valence electrons. The number of thiophene rings is 1. The largest absolute Gasteiger partial charge is 0.255 e. The highest BCUT2D eigenvalue weighted by Crippen LogP contribution is 2.09. The number of nitrogens with one attached hydrogen (secondary N) is 1. The maximum atomic E-state index is 4.44. The lowest BCUT2D eigenvalue weighted by Gasteiger charge is -2.28. The van der Waals surface area contributed by atoms with Crippen LogP contribution in [0.25, 0.3) is 0 Å². The normalized spacial score (nSPS) is 12.8. The van der Waals surface area contributed by atoms with Gasteiger partial charge in [-0.1, -0.05) is 12.1 Å². The highest BCUT2D eigenvalue weighted by atomic mass is 32.1. The molecule has 1 unspecified atom stereocenters. The van der Waals surface area contributed by atoms with Gasteiger partial charge < -0.3 is 0 Å². The molecule has 0 aliphatic rings. The Morgan fingerprint density at radius 3 is 2.68 bits per heavy atom. The second kappa shape index (κ2) is 7.38. The molecule has 0 spiro atoms. The van der Waals surface area contributed by atoms with E-state index >= 15 is 0 Å². The van der Waals surface area contributed by atoms with E-state index in [4.69, 9.17) is 0 Å². The smallest absolute Gasteiger partial charge is 0.138 e. The molecule has 0 bridgehead atoms. The first-order valence-electron chi connectivity index (χ1n) is 6.85. The summed E-state index contributed by atoms with van der Waals surface area (Å²) in [4.78, 5) is 5.86. The minimum atomic E-state index is 0.955. The van der Waals surface area contributed by atoms with Crippen molar-refractivity contribution in [2.45, 2.75) is 26.9 Å². The summed E-state index contributed by atoms with van der Waals surface area (Å²) in [5.74, 6) is 0.